The number of methoxy groups -OCH3 is 1. The highest BCUT2D eigenvalue weighted by molar-refractivity contribution is 9.10. The van der Waals surface area contributed by atoms with Crippen molar-refractivity contribution in [2.45, 2.75) is 30.2 Å². The molecule has 1 fully saturated rings. The van der Waals surface area contributed by atoms with Crippen LogP contribution in [0.3, 0.4) is 0 Å². The summed E-state index contributed by atoms with van der Waals surface area (Å²) in [4.78, 5) is 11.1. The van der Waals surface area contributed by atoms with Gasteiger partial charge < -0.3 is 9.84 Å². The van der Waals surface area contributed by atoms with Crippen molar-refractivity contribution in [1.82, 2.24) is 4.31 Å². The van der Waals surface area contributed by atoms with Gasteiger partial charge in [0.25, 0.3) is 0 Å². The number of aromatic carboxylic acids is 1. The summed E-state index contributed by atoms with van der Waals surface area (Å²) in [6, 6.07) is 3.80. The van der Waals surface area contributed by atoms with Gasteiger partial charge in [-0.15, -0.1) is 0 Å². The number of nitrogens with zero attached hydrogens (tertiary/aromatic N) is 1. The van der Waals surface area contributed by atoms with E-state index in [9.17, 15) is 13.2 Å². The molecule has 1 aliphatic heterocycles. The molecule has 0 aromatic heterocycles. The van der Waals surface area contributed by atoms with E-state index in [-0.39, 0.29) is 21.0 Å². The molecule has 0 radical (unpaired) electrons. The Hall–Kier alpha value is -0.960. The number of carboxylic acids is 1. The van der Waals surface area contributed by atoms with Crippen LogP contribution in [-0.4, -0.2) is 50.1 Å². The molecule has 0 spiro atoms. The molecule has 1 aromatic rings. The number of carboxylic acid groups (broad SMARTS) is 1. The molecule has 8 heteroatoms. The first-order chi connectivity index (χ1) is 10.4. The largest absolute Gasteiger partial charge is 0.478 e. The topological polar surface area (TPSA) is 83.9 Å². The van der Waals surface area contributed by atoms with Crippen molar-refractivity contribution in [2.75, 3.05) is 20.3 Å². The van der Waals surface area contributed by atoms with Gasteiger partial charge in [0, 0.05) is 24.2 Å². The summed E-state index contributed by atoms with van der Waals surface area (Å²) in [7, 11) is -2.11. The minimum absolute atomic E-state index is 0.0334. The number of hydrogen-bond acceptors (Lipinski definition) is 4. The Kier molecular flexibility index (Phi) is 5.60. The van der Waals surface area contributed by atoms with Gasteiger partial charge >= 0.3 is 5.97 Å². The minimum Gasteiger partial charge on any atom is -0.478 e. The third-order valence-corrected chi connectivity index (χ3v) is 6.31. The molecule has 1 heterocycles. The highest BCUT2D eigenvalue weighted by Crippen LogP contribution is 2.28. The summed E-state index contributed by atoms with van der Waals surface area (Å²) in [6.45, 7) is 0.808. The molecule has 0 amide bonds. The van der Waals surface area contributed by atoms with E-state index in [0.717, 1.165) is 19.3 Å². The smallest absolute Gasteiger partial charge is 0.336 e. The molecule has 1 unspecified atom stereocenters. The van der Waals surface area contributed by atoms with E-state index < -0.39 is 16.0 Å². The number of sulfonamides is 1. The zero-order valence-corrected chi connectivity index (χ0v) is 14.6. The van der Waals surface area contributed by atoms with E-state index in [4.69, 9.17) is 9.84 Å². The second-order valence-electron chi connectivity index (χ2n) is 5.17. The summed E-state index contributed by atoms with van der Waals surface area (Å²) >= 11 is 3.12. The second kappa shape index (κ2) is 7.08. The number of ether oxygens (including phenoxy) is 1. The fourth-order valence-corrected chi connectivity index (χ4v) is 5.02. The molecule has 1 saturated heterocycles. The van der Waals surface area contributed by atoms with Crippen molar-refractivity contribution < 1.29 is 23.1 Å². The highest BCUT2D eigenvalue weighted by atomic mass is 79.9. The third kappa shape index (κ3) is 3.51. The average molecular weight is 392 g/mol. The number of carbonyl (C=O) groups is 1. The van der Waals surface area contributed by atoms with Crippen molar-refractivity contribution in [3.63, 3.8) is 0 Å². The molecule has 1 N–H and O–H groups in total. The van der Waals surface area contributed by atoms with E-state index in [2.05, 4.69) is 15.9 Å². The molecule has 2 rings (SSSR count). The minimum atomic E-state index is -3.67. The van der Waals surface area contributed by atoms with Crippen LogP contribution in [0.2, 0.25) is 0 Å². The maximum atomic E-state index is 12.8. The first-order valence-corrected chi connectivity index (χ1v) is 9.15. The van der Waals surface area contributed by atoms with Gasteiger partial charge in [-0.3, -0.25) is 0 Å². The fourth-order valence-electron chi connectivity index (χ4n) is 2.61. The van der Waals surface area contributed by atoms with Gasteiger partial charge in [0.1, 0.15) is 0 Å². The molecule has 1 aromatic carbocycles. The molecular formula is C14H18BrNO5S. The number of rotatable bonds is 5. The lowest BCUT2D eigenvalue weighted by Crippen LogP contribution is -2.45. The molecule has 0 aliphatic carbocycles. The third-order valence-electron chi connectivity index (χ3n) is 3.71. The van der Waals surface area contributed by atoms with Crippen LogP contribution in [0.25, 0.3) is 0 Å². The van der Waals surface area contributed by atoms with Crippen LogP contribution in [0.5, 0.6) is 0 Å². The van der Waals surface area contributed by atoms with Crippen molar-refractivity contribution in [2.24, 2.45) is 0 Å². The molecular weight excluding hydrogens is 374 g/mol. The van der Waals surface area contributed by atoms with Gasteiger partial charge in [-0.25, -0.2) is 13.2 Å². The summed E-state index contributed by atoms with van der Waals surface area (Å²) in [5.41, 5.74) is 0.0334. The Morgan fingerprint density at radius 3 is 2.77 bits per heavy atom. The van der Waals surface area contributed by atoms with Gasteiger partial charge in [-0.1, -0.05) is 6.42 Å². The van der Waals surface area contributed by atoms with Crippen LogP contribution in [-0.2, 0) is 14.8 Å². The molecule has 6 nitrogen and oxygen atoms in total. The van der Waals surface area contributed by atoms with E-state index in [1.165, 1.54) is 22.5 Å². The highest BCUT2D eigenvalue weighted by Gasteiger charge is 2.33. The lowest BCUT2D eigenvalue weighted by Gasteiger charge is -2.34. The molecule has 22 heavy (non-hydrogen) atoms. The Labute approximate surface area is 138 Å². The maximum absolute atomic E-state index is 12.8. The molecule has 122 valence electrons. The zero-order chi connectivity index (χ0) is 16.3. The first-order valence-electron chi connectivity index (χ1n) is 6.91. The first kappa shape index (κ1) is 17.4. The van der Waals surface area contributed by atoms with E-state index in [1.54, 1.807) is 7.11 Å². The number of benzene rings is 1. The van der Waals surface area contributed by atoms with Crippen molar-refractivity contribution in [3.8, 4) is 0 Å². The SMILES string of the molecule is COCC1CCCCN1S(=O)(=O)c1ccc(C(=O)O)c(Br)c1. The molecule has 1 atom stereocenters. The monoisotopic (exact) mass is 391 g/mol. The molecule has 1 aliphatic rings. The van der Waals surface area contributed by atoms with Crippen LogP contribution >= 0.6 is 15.9 Å². The van der Waals surface area contributed by atoms with Crippen LogP contribution in [0.15, 0.2) is 27.6 Å². The predicted octanol–water partition coefficient (Wildman–Crippen LogP) is 2.34. The normalized spacial score (nSPS) is 20.0. The standard InChI is InChI=1S/C14H18BrNO5S/c1-21-9-10-4-2-3-7-16(10)22(19,20)11-5-6-12(14(17)18)13(15)8-11/h5-6,8,10H,2-4,7,9H2,1H3,(H,17,18). The van der Waals surface area contributed by atoms with E-state index >= 15 is 0 Å². The number of halogens is 1. The zero-order valence-electron chi connectivity index (χ0n) is 12.2. The van der Waals surface area contributed by atoms with Crippen molar-refractivity contribution in [1.29, 1.82) is 0 Å². The van der Waals surface area contributed by atoms with Crippen molar-refractivity contribution >= 4 is 31.9 Å². The maximum Gasteiger partial charge on any atom is 0.336 e. The number of hydrogen-bond donors (Lipinski definition) is 1. The van der Waals surface area contributed by atoms with Gasteiger partial charge in [0.05, 0.1) is 17.1 Å². The van der Waals surface area contributed by atoms with Crippen LogP contribution in [0.1, 0.15) is 29.6 Å². The van der Waals surface area contributed by atoms with Gasteiger partial charge in [-0.05, 0) is 47.0 Å². The summed E-state index contributed by atoms with van der Waals surface area (Å²) in [6.07, 6.45) is 2.55. The van der Waals surface area contributed by atoms with Gasteiger partial charge in [-0.2, -0.15) is 4.31 Å². The summed E-state index contributed by atoms with van der Waals surface area (Å²) in [5, 5.41) is 9.01. The van der Waals surface area contributed by atoms with Crippen molar-refractivity contribution in [3.05, 3.63) is 28.2 Å². The number of piperidine rings is 1. The van der Waals surface area contributed by atoms with E-state index in [1.807, 2.05) is 0 Å². The van der Waals surface area contributed by atoms with Gasteiger partial charge in [0.15, 0.2) is 0 Å². The lowest BCUT2D eigenvalue weighted by molar-refractivity contribution is 0.0695. The summed E-state index contributed by atoms with van der Waals surface area (Å²) in [5.74, 6) is -1.11. The Morgan fingerprint density at radius 2 is 2.18 bits per heavy atom. The molecule has 0 saturated carbocycles. The Morgan fingerprint density at radius 1 is 1.45 bits per heavy atom. The van der Waals surface area contributed by atoms with Crippen LogP contribution in [0, 0.1) is 0 Å². The summed E-state index contributed by atoms with van der Waals surface area (Å²) < 4.78 is 32.5. The Balaban J connectivity index is 2.36. The van der Waals surface area contributed by atoms with Crippen LogP contribution < -0.4 is 0 Å². The van der Waals surface area contributed by atoms with Crippen LogP contribution in [0.4, 0.5) is 0 Å². The van der Waals surface area contributed by atoms with E-state index in [0.29, 0.717) is 13.2 Å². The molecule has 0 bridgehead atoms. The van der Waals surface area contributed by atoms with Gasteiger partial charge in [0.2, 0.25) is 10.0 Å². The predicted molar refractivity (Wildman–Crippen MR) is 84.5 cm³/mol. The lowest BCUT2D eigenvalue weighted by atomic mass is 10.1. The second-order valence-corrected chi connectivity index (χ2v) is 7.91. The Bertz CT molecular complexity index is 659. The average Bonchev–Trinajstić information content (AvgIpc) is 2.47. The fraction of sp³-hybridized carbons (Fsp3) is 0.500. The quantitative estimate of drug-likeness (QED) is 0.832.